The maximum Gasteiger partial charge on any atom is 0.314 e. The van der Waals surface area contributed by atoms with Gasteiger partial charge in [-0.1, -0.05) is 0 Å². The summed E-state index contributed by atoms with van der Waals surface area (Å²) in [6, 6.07) is 4.43. The van der Waals surface area contributed by atoms with Gasteiger partial charge in [0.15, 0.2) is 0 Å². The molecule has 0 amide bonds. The number of nitrogens with two attached hydrogens (primary N) is 1. The monoisotopic (exact) mass is 269 g/mol. The molecule has 0 fully saturated rings. The third-order valence-corrected chi connectivity index (χ3v) is 2.70. The van der Waals surface area contributed by atoms with Crippen LogP contribution < -0.4 is 10.5 Å². The van der Waals surface area contributed by atoms with Crippen LogP contribution in [0.4, 0.5) is 4.39 Å². The number of hydrogen-bond donors (Lipinski definition) is 1. The normalized spacial score (nSPS) is 11.2. The molecule has 0 aliphatic carbocycles. The average molecular weight is 269 g/mol. The van der Waals surface area contributed by atoms with Gasteiger partial charge in [-0.15, -0.1) is 0 Å². The number of rotatable bonds is 6. The van der Waals surface area contributed by atoms with Crippen LogP contribution in [0.5, 0.6) is 5.75 Å². The highest BCUT2D eigenvalue weighted by Gasteiger charge is 2.29. The number of esters is 1. The van der Waals surface area contributed by atoms with E-state index in [2.05, 4.69) is 4.74 Å². The molecule has 0 saturated heterocycles. The Morgan fingerprint density at radius 1 is 1.37 bits per heavy atom. The minimum Gasteiger partial charge on any atom is -0.492 e. The van der Waals surface area contributed by atoms with E-state index in [4.69, 9.17) is 10.5 Å². The van der Waals surface area contributed by atoms with Crippen molar-refractivity contribution in [1.82, 2.24) is 0 Å². The number of hydrogen-bond acceptors (Lipinski definition) is 4. The number of benzene rings is 1. The van der Waals surface area contributed by atoms with Gasteiger partial charge in [0, 0.05) is 6.07 Å². The van der Waals surface area contributed by atoms with E-state index in [-0.39, 0.29) is 18.4 Å². The van der Waals surface area contributed by atoms with E-state index in [1.807, 2.05) is 0 Å². The molecule has 5 heteroatoms. The predicted molar refractivity (Wildman–Crippen MR) is 70.5 cm³/mol. The maximum atomic E-state index is 13.4. The number of carbonyl (C=O) groups excluding carboxylic acids is 1. The van der Waals surface area contributed by atoms with Gasteiger partial charge in [0.05, 0.1) is 12.5 Å². The Bertz CT molecular complexity index is 446. The van der Waals surface area contributed by atoms with E-state index in [0.29, 0.717) is 18.7 Å². The zero-order valence-electron chi connectivity index (χ0n) is 11.5. The fraction of sp³-hybridized carbons (Fsp3) is 0.500. The zero-order chi connectivity index (χ0) is 14.5. The number of carbonyl (C=O) groups is 1. The van der Waals surface area contributed by atoms with Gasteiger partial charge in [0.2, 0.25) is 0 Å². The molecule has 1 rings (SSSR count). The average Bonchev–Trinajstić information content (AvgIpc) is 2.35. The first-order valence-electron chi connectivity index (χ1n) is 6.10. The van der Waals surface area contributed by atoms with Crippen LogP contribution in [0, 0.1) is 11.2 Å². The lowest BCUT2D eigenvalue weighted by atomic mass is 9.95. The Hall–Kier alpha value is -1.62. The standard InChI is InChI=1S/C14H20FNO3/c1-14(2,13(17)18-3)9-19-12-7-10(4-5-16)6-11(15)8-12/h6-8H,4-5,9,16H2,1-3H3. The van der Waals surface area contributed by atoms with Crippen LogP contribution in [0.2, 0.25) is 0 Å². The fourth-order valence-corrected chi connectivity index (χ4v) is 1.61. The summed E-state index contributed by atoms with van der Waals surface area (Å²) in [5.41, 5.74) is 5.43. The van der Waals surface area contributed by atoms with Crippen molar-refractivity contribution < 1.29 is 18.7 Å². The molecule has 0 unspecified atom stereocenters. The largest absolute Gasteiger partial charge is 0.492 e. The molecule has 2 N–H and O–H groups in total. The van der Waals surface area contributed by atoms with Crippen molar-refractivity contribution in [2.24, 2.45) is 11.1 Å². The predicted octanol–water partition coefficient (Wildman–Crippen LogP) is 1.90. The lowest BCUT2D eigenvalue weighted by Crippen LogP contribution is -2.32. The zero-order valence-corrected chi connectivity index (χ0v) is 11.5. The first kappa shape index (κ1) is 15.4. The van der Waals surface area contributed by atoms with Gasteiger partial charge in [-0.05, 0) is 44.5 Å². The van der Waals surface area contributed by atoms with Crippen molar-refractivity contribution in [3.63, 3.8) is 0 Å². The summed E-state index contributed by atoms with van der Waals surface area (Å²) in [6.07, 6.45) is 0.578. The first-order valence-corrected chi connectivity index (χ1v) is 6.10. The molecule has 0 saturated carbocycles. The Morgan fingerprint density at radius 2 is 2.05 bits per heavy atom. The lowest BCUT2D eigenvalue weighted by Gasteiger charge is -2.21. The van der Waals surface area contributed by atoms with Crippen molar-refractivity contribution in [3.05, 3.63) is 29.6 Å². The van der Waals surface area contributed by atoms with Crippen molar-refractivity contribution in [1.29, 1.82) is 0 Å². The molecule has 0 radical (unpaired) electrons. The molecule has 1 aromatic carbocycles. The van der Waals surface area contributed by atoms with Gasteiger partial charge < -0.3 is 15.2 Å². The van der Waals surface area contributed by atoms with E-state index in [9.17, 15) is 9.18 Å². The fourth-order valence-electron chi connectivity index (χ4n) is 1.61. The number of ether oxygens (including phenoxy) is 2. The molecular formula is C14H20FNO3. The van der Waals surface area contributed by atoms with Crippen LogP contribution in [-0.4, -0.2) is 26.2 Å². The van der Waals surface area contributed by atoms with Crippen LogP contribution in [0.1, 0.15) is 19.4 Å². The SMILES string of the molecule is COC(=O)C(C)(C)COc1cc(F)cc(CCN)c1. The second kappa shape index (κ2) is 6.52. The van der Waals surface area contributed by atoms with E-state index >= 15 is 0 Å². The van der Waals surface area contributed by atoms with E-state index in [1.54, 1.807) is 19.9 Å². The molecule has 0 aromatic heterocycles. The summed E-state index contributed by atoms with van der Waals surface area (Å²) in [6.45, 7) is 3.97. The molecular weight excluding hydrogens is 249 g/mol. The molecule has 0 spiro atoms. The lowest BCUT2D eigenvalue weighted by molar-refractivity contribution is -0.152. The van der Waals surface area contributed by atoms with Gasteiger partial charge in [-0.25, -0.2) is 4.39 Å². The molecule has 0 heterocycles. The Morgan fingerprint density at radius 3 is 2.63 bits per heavy atom. The highest BCUT2D eigenvalue weighted by Crippen LogP contribution is 2.22. The second-order valence-corrected chi connectivity index (χ2v) is 5.00. The molecule has 0 atom stereocenters. The summed E-state index contributed by atoms with van der Waals surface area (Å²) in [7, 11) is 1.33. The van der Waals surface area contributed by atoms with Crippen LogP contribution in [-0.2, 0) is 16.0 Å². The van der Waals surface area contributed by atoms with Crippen LogP contribution in [0.3, 0.4) is 0 Å². The Balaban J connectivity index is 2.74. The topological polar surface area (TPSA) is 61.5 Å². The molecule has 1 aromatic rings. The van der Waals surface area contributed by atoms with Gasteiger partial charge in [-0.3, -0.25) is 4.79 Å². The number of methoxy groups -OCH3 is 1. The van der Waals surface area contributed by atoms with Gasteiger partial charge >= 0.3 is 5.97 Å². The summed E-state index contributed by atoms with van der Waals surface area (Å²) < 4.78 is 23.5. The van der Waals surface area contributed by atoms with E-state index in [0.717, 1.165) is 5.56 Å². The molecule has 19 heavy (non-hydrogen) atoms. The van der Waals surface area contributed by atoms with Crippen molar-refractivity contribution in [3.8, 4) is 5.75 Å². The summed E-state index contributed by atoms with van der Waals surface area (Å²) >= 11 is 0. The highest BCUT2D eigenvalue weighted by atomic mass is 19.1. The third kappa shape index (κ3) is 4.52. The smallest absolute Gasteiger partial charge is 0.314 e. The van der Waals surface area contributed by atoms with Crippen LogP contribution >= 0.6 is 0 Å². The number of halogens is 1. The third-order valence-electron chi connectivity index (χ3n) is 2.70. The van der Waals surface area contributed by atoms with Gasteiger partial charge in [0.25, 0.3) is 0 Å². The molecule has 0 aliphatic rings. The van der Waals surface area contributed by atoms with E-state index < -0.39 is 5.41 Å². The highest BCUT2D eigenvalue weighted by molar-refractivity contribution is 5.75. The summed E-state index contributed by atoms with van der Waals surface area (Å²) in [4.78, 5) is 11.5. The van der Waals surface area contributed by atoms with Crippen LogP contribution in [0.25, 0.3) is 0 Å². The summed E-state index contributed by atoms with van der Waals surface area (Å²) in [5, 5.41) is 0. The molecule has 0 aliphatic heterocycles. The van der Waals surface area contributed by atoms with Gasteiger partial charge in [-0.2, -0.15) is 0 Å². The van der Waals surface area contributed by atoms with Crippen LogP contribution in [0.15, 0.2) is 18.2 Å². The quantitative estimate of drug-likeness (QED) is 0.801. The Kier molecular flexibility index (Phi) is 5.30. The molecule has 106 valence electrons. The van der Waals surface area contributed by atoms with Crippen molar-refractivity contribution >= 4 is 5.97 Å². The van der Waals surface area contributed by atoms with Gasteiger partial charge in [0.1, 0.15) is 18.2 Å². The van der Waals surface area contributed by atoms with Crippen molar-refractivity contribution in [2.45, 2.75) is 20.3 Å². The Labute approximate surface area is 112 Å². The minimum absolute atomic E-state index is 0.116. The first-order chi connectivity index (χ1) is 8.89. The second-order valence-electron chi connectivity index (χ2n) is 5.00. The minimum atomic E-state index is -0.783. The van der Waals surface area contributed by atoms with E-state index in [1.165, 1.54) is 19.2 Å². The molecule has 4 nitrogen and oxygen atoms in total. The molecule has 0 bridgehead atoms. The van der Waals surface area contributed by atoms with Crippen molar-refractivity contribution in [2.75, 3.05) is 20.3 Å². The summed E-state index contributed by atoms with van der Waals surface area (Å²) in [5.74, 6) is -0.358. The maximum absolute atomic E-state index is 13.4.